The number of rotatable bonds is 3. The maximum atomic E-state index is 11.4. The van der Waals surface area contributed by atoms with Gasteiger partial charge in [0.2, 0.25) is 0 Å². The second kappa shape index (κ2) is 3.73. The monoisotopic (exact) mass is 191 g/mol. The maximum absolute atomic E-state index is 11.4. The van der Waals surface area contributed by atoms with Crippen molar-refractivity contribution in [3.05, 3.63) is 36.2 Å². The van der Waals surface area contributed by atoms with Crippen LogP contribution in [-0.4, -0.2) is 26.1 Å². The zero-order chi connectivity index (χ0) is 9.80. The summed E-state index contributed by atoms with van der Waals surface area (Å²) in [6, 6.07) is 3.47. The summed E-state index contributed by atoms with van der Waals surface area (Å²) < 4.78 is 0. The van der Waals surface area contributed by atoms with Gasteiger partial charge < -0.3 is 10.3 Å². The number of aromatic nitrogens is 4. The Labute approximate surface area is 79.8 Å². The highest BCUT2D eigenvalue weighted by Crippen LogP contribution is 1.94. The number of nitrogens with zero attached hydrogens (tertiary/aromatic N) is 2. The van der Waals surface area contributed by atoms with E-state index in [0.29, 0.717) is 18.1 Å². The van der Waals surface area contributed by atoms with Crippen LogP contribution in [0.25, 0.3) is 0 Å². The molecule has 6 heteroatoms. The van der Waals surface area contributed by atoms with E-state index in [0.717, 1.165) is 0 Å². The van der Waals surface area contributed by atoms with E-state index in [9.17, 15) is 4.79 Å². The van der Waals surface area contributed by atoms with Crippen LogP contribution in [0.5, 0.6) is 0 Å². The third-order valence-electron chi connectivity index (χ3n) is 1.72. The van der Waals surface area contributed by atoms with Gasteiger partial charge in [0, 0.05) is 6.20 Å². The van der Waals surface area contributed by atoms with Gasteiger partial charge >= 0.3 is 0 Å². The molecule has 2 aromatic rings. The Morgan fingerprint density at radius 3 is 3.14 bits per heavy atom. The van der Waals surface area contributed by atoms with E-state index in [2.05, 4.69) is 25.5 Å². The molecule has 0 bridgehead atoms. The number of H-pyrrole nitrogens is 2. The number of hydrogen-bond donors (Lipinski definition) is 3. The molecule has 0 aliphatic rings. The first-order valence-corrected chi connectivity index (χ1v) is 4.12. The highest BCUT2D eigenvalue weighted by molar-refractivity contribution is 5.92. The molecule has 0 aromatic carbocycles. The van der Waals surface area contributed by atoms with Gasteiger partial charge in [-0.1, -0.05) is 0 Å². The molecule has 6 nitrogen and oxygen atoms in total. The van der Waals surface area contributed by atoms with Gasteiger partial charge in [0.1, 0.15) is 17.8 Å². The lowest BCUT2D eigenvalue weighted by molar-refractivity contribution is 0.0945. The van der Waals surface area contributed by atoms with Crippen LogP contribution in [0, 0.1) is 0 Å². The summed E-state index contributed by atoms with van der Waals surface area (Å²) in [5.41, 5.74) is 0.532. The van der Waals surface area contributed by atoms with Gasteiger partial charge in [0.15, 0.2) is 0 Å². The number of aromatic amines is 2. The smallest absolute Gasteiger partial charge is 0.268 e. The second-order valence-corrected chi connectivity index (χ2v) is 2.70. The van der Waals surface area contributed by atoms with E-state index in [4.69, 9.17) is 0 Å². The Morgan fingerprint density at radius 2 is 2.50 bits per heavy atom. The number of carbonyl (C=O) groups is 1. The van der Waals surface area contributed by atoms with Crippen LogP contribution in [0.3, 0.4) is 0 Å². The lowest BCUT2D eigenvalue weighted by atomic mass is 10.4. The van der Waals surface area contributed by atoms with Crippen LogP contribution in [0.4, 0.5) is 0 Å². The predicted octanol–water partition coefficient (Wildman–Crippen LogP) is 0.0628. The molecule has 2 heterocycles. The molecule has 72 valence electrons. The van der Waals surface area contributed by atoms with Gasteiger partial charge in [0.25, 0.3) is 5.91 Å². The van der Waals surface area contributed by atoms with Gasteiger partial charge in [-0.25, -0.2) is 4.98 Å². The van der Waals surface area contributed by atoms with Crippen molar-refractivity contribution >= 4 is 5.91 Å². The fourth-order valence-corrected chi connectivity index (χ4v) is 1.05. The minimum atomic E-state index is -0.161. The molecule has 0 saturated heterocycles. The van der Waals surface area contributed by atoms with Gasteiger partial charge in [-0.15, -0.1) is 0 Å². The summed E-state index contributed by atoms with van der Waals surface area (Å²) >= 11 is 0. The highest BCUT2D eigenvalue weighted by Gasteiger charge is 2.05. The Bertz CT molecular complexity index is 391. The molecule has 3 N–H and O–H groups in total. The standard InChI is InChI=1S/C8H9N5O/c14-8(6-2-1-3-9-6)10-4-7-11-5-12-13-7/h1-3,5,9H,4H2,(H,10,14)(H,11,12,13). The second-order valence-electron chi connectivity index (χ2n) is 2.70. The molecule has 14 heavy (non-hydrogen) atoms. The van der Waals surface area contributed by atoms with E-state index in [1.165, 1.54) is 6.33 Å². The van der Waals surface area contributed by atoms with Crippen LogP contribution < -0.4 is 5.32 Å². The van der Waals surface area contributed by atoms with Crippen LogP contribution >= 0.6 is 0 Å². The summed E-state index contributed by atoms with van der Waals surface area (Å²) in [6.45, 7) is 0.345. The predicted molar refractivity (Wildman–Crippen MR) is 48.3 cm³/mol. The molecule has 0 spiro atoms. The molecular weight excluding hydrogens is 182 g/mol. The summed E-state index contributed by atoms with van der Waals surface area (Å²) in [5, 5.41) is 9.00. The van der Waals surface area contributed by atoms with E-state index >= 15 is 0 Å². The summed E-state index contributed by atoms with van der Waals surface area (Å²) in [4.78, 5) is 18.1. The van der Waals surface area contributed by atoms with Crippen molar-refractivity contribution in [3.8, 4) is 0 Å². The van der Waals surface area contributed by atoms with Crippen molar-refractivity contribution in [3.63, 3.8) is 0 Å². The lowest BCUT2D eigenvalue weighted by Crippen LogP contribution is -2.23. The molecule has 0 saturated carbocycles. The largest absolute Gasteiger partial charge is 0.357 e. The normalized spacial score (nSPS) is 10.0. The number of hydrogen-bond acceptors (Lipinski definition) is 3. The number of amides is 1. The van der Waals surface area contributed by atoms with Gasteiger partial charge in [0.05, 0.1) is 6.54 Å². The minimum absolute atomic E-state index is 0.161. The summed E-state index contributed by atoms with van der Waals surface area (Å²) in [6.07, 6.45) is 3.10. The SMILES string of the molecule is O=C(NCc1ncn[nH]1)c1ccc[nH]1. The molecular formula is C8H9N5O. The Morgan fingerprint density at radius 1 is 1.57 bits per heavy atom. The van der Waals surface area contributed by atoms with Crippen LogP contribution in [-0.2, 0) is 6.54 Å². The summed E-state index contributed by atoms with van der Waals surface area (Å²) in [5.74, 6) is 0.469. The topological polar surface area (TPSA) is 86.5 Å². The van der Waals surface area contributed by atoms with Crippen LogP contribution in [0.1, 0.15) is 16.3 Å². The molecule has 0 radical (unpaired) electrons. The Kier molecular flexibility index (Phi) is 2.26. The van der Waals surface area contributed by atoms with Crippen molar-refractivity contribution in [2.45, 2.75) is 6.54 Å². The molecule has 2 rings (SSSR count). The maximum Gasteiger partial charge on any atom is 0.268 e. The Hall–Kier alpha value is -2.11. The third kappa shape index (κ3) is 1.79. The zero-order valence-electron chi connectivity index (χ0n) is 7.32. The molecule has 0 aliphatic carbocycles. The first-order chi connectivity index (χ1) is 6.86. The van der Waals surface area contributed by atoms with Crippen molar-refractivity contribution in [1.29, 1.82) is 0 Å². The zero-order valence-corrected chi connectivity index (χ0v) is 7.32. The van der Waals surface area contributed by atoms with E-state index in [1.807, 2.05) is 0 Å². The first kappa shape index (κ1) is 8.49. The fourth-order valence-electron chi connectivity index (χ4n) is 1.05. The summed E-state index contributed by atoms with van der Waals surface area (Å²) in [7, 11) is 0. The average molecular weight is 191 g/mol. The molecule has 0 aliphatic heterocycles. The molecule has 2 aromatic heterocycles. The van der Waals surface area contributed by atoms with Gasteiger partial charge in [-0.3, -0.25) is 9.89 Å². The molecule has 1 amide bonds. The molecule has 0 atom stereocenters. The van der Waals surface area contributed by atoms with Crippen molar-refractivity contribution in [1.82, 2.24) is 25.5 Å². The van der Waals surface area contributed by atoms with Gasteiger partial charge in [-0.2, -0.15) is 5.10 Å². The fraction of sp³-hybridized carbons (Fsp3) is 0.125. The van der Waals surface area contributed by atoms with E-state index in [-0.39, 0.29) is 5.91 Å². The van der Waals surface area contributed by atoms with E-state index in [1.54, 1.807) is 18.3 Å². The van der Waals surface area contributed by atoms with Crippen molar-refractivity contribution in [2.75, 3.05) is 0 Å². The minimum Gasteiger partial charge on any atom is -0.357 e. The number of carbonyl (C=O) groups excluding carboxylic acids is 1. The van der Waals surface area contributed by atoms with Crippen molar-refractivity contribution < 1.29 is 4.79 Å². The number of nitrogens with one attached hydrogen (secondary N) is 3. The highest BCUT2D eigenvalue weighted by atomic mass is 16.1. The van der Waals surface area contributed by atoms with Crippen LogP contribution in [0.15, 0.2) is 24.7 Å². The first-order valence-electron chi connectivity index (χ1n) is 4.12. The lowest BCUT2D eigenvalue weighted by Gasteiger charge is -1.99. The molecule has 0 unspecified atom stereocenters. The third-order valence-corrected chi connectivity index (χ3v) is 1.72. The van der Waals surface area contributed by atoms with Gasteiger partial charge in [-0.05, 0) is 12.1 Å². The molecule has 0 fully saturated rings. The van der Waals surface area contributed by atoms with Crippen LogP contribution in [0.2, 0.25) is 0 Å². The van der Waals surface area contributed by atoms with Crippen molar-refractivity contribution in [2.24, 2.45) is 0 Å². The Balaban J connectivity index is 1.90. The van der Waals surface area contributed by atoms with E-state index < -0.39 is 0 Å². The average Bonchev–Trinajstić information content (AvgIpc) is 2.87. The quantitative estimate of drug-likeness (QED) is 0.641.